The van der Waals surface area contributed by atoms with Gasteiger partial charge in [0.05, 0.1) is 11.1 Å². The van der Waals surface area contributed by atoms with Crippen LogP contribution in [0.2, 0.25) is 5.02 Å². The molecule has 144 valence electrons. The van der Waals surface area contributed by atoms with Crippen molar-refractivity contribution in [3.05, 3.63) is 101 Å². The van der Waals surface area contributed by atoms with Gasteiger partial charge in [-0.2, -0.15) is 0 Å². The van der Waals surface area contributed by atoms with Gasteiger partial charge in [0.15, 0.2) is 6.10 Å². The summed E-state index contributed by atoms with van der Waals surface area (Å²) in [6.45, 7) is 3.97. The highest BCUT2D eigenvalue weighted by molar-refractivity contribution is 6.32. The molecule has 1 amide bonds. The molecule has 2 unspecified atom stereocenters. The molecule has 3 aromatic rings. The Labute approximate surface area is 171 Å². The molecule has 3 aromatic carbocycles. The molecule has 3 nitrogen and oxygen atoms in total. The normalized spacial score (nSPS) is 12.8. The van der Waals surface area contributed by atoms with Gasteiger partial charge in [0.1, 0.15) is 5.75 Å². The van der Waals surface area contributed by atoms with Crippen molar-refractivity contribution in [1.29, 1.82) is 0 Å². The average Bonchev–Trinajstić information content (AvgIpc) is 2.72. The summed E-state index contributed by atoms with van der Waals surface area (Å²) in [7, 11) is 0. The molecule has 0 aliphatic rings. The second kappa shape index (κ2) is 9.43. The summed E-state index contributed by atoms with van der Waals surface area (Å²) in [5.41, 5.74) is 3.22. The number of nitrogens with one attached hydrogen (secondary N) is 1. The van der Waals surface area contributed by atoms with Crippen molar-refractivity contribution >= 4 is 17.5 Å². The van der Waals surface area contributed by atoms with Crippen molar-refractivity contribution in [3.8, 4) is 5.75 Å². The maximum Gasteiger partial charge on any atom is 0.261 e. The van der Waals surface area contributed by atoms with E-state index in [0.717, 1.165) is 11.1 Å². The van der Waals surface area contributed by atoms with Gasteiger partial charge in [-0.25, -0.2) is 0 Å². The van der Waals surface area contributed by atoms with E-state index >= 15 is 0 Å². The van der Waals surface area contributed by atoms with Crippen molar-refractivity contribution in [3.63, 3.8) is 0 Å². The summed E-state index contributed by atoms with van der Waals surface area (Å²) in [4.78, 5) is 13.0. The fraction of sp³-hybridized carbons (Fsp3) is 0.208. The standard InChI is InChI=1S/C24H24ClNO2/c1-3-21(28-22-12-8-7-11-20(22)25)24(27)26-23(18-9-5-4-6-10-18)19-15-13-17(2)14-16-19/h4-16,21,23H,3H2,1-2H3,(H,26,27). The van der Waals surface area contributed by atoms with Crippen LogP contribution in [-0.4, -0.2) is 12.0 Å². The minimum absolute atomic E-state index is 0.170. The lowest BCUT2D eigenvalue weighted by molar-refractivity contribution is -0.128. The molecular weight excluding hydrogens is 370 g/mol. The number of aryl methyl sites for hydroxylation is 1. The number of halogens is 1. The molecular formula is C24H24ClNO2. The zero-order chi connectivity index (χ0) is 19.9. The fourth-order valence-corrected chi connectivity index (χ4v) is 3.19. The molecule has 0 saturated carbocycles. The van der Waals surface area contributed by atoms with Crippen LogP contribution >= 0.6 is 11.6 Å². The number of rotatable bonds is 7. The van der Waals surface area contributed by atoms with Crippen LogP contribution in [0.25, 0.3) is 0 Å². The third-order valence-corrected chi connectivity index (χ3v) is 4.91. The monoisotopic (exact) mass is 393 g/mol. The minimum Gasteiger partial charge on any atom is -0.479 e. The van der Waals surface area contributed by atoms with Crippen LogP contribution in [0.15, 0.2) is 78.9 Å². The molecule has 0 fully saturated rings. The summed E-state index contributed by atoms with van der Waals surface area (Å²) in [6, 6.07) is 25.1. The second-order valence-electron chi connectivity index (χ2n) is 6.71. The molecule has 3 rings (SSSR count). The number of para-hydroxylation sites is 1. The lowest BCUT2D eigenvalue weighted by atomic mass is 9.97. The quantitative estimate of drug-likeness (QED) is 0.558. The highest BCUT2D eigenvalue weighted by Gasteiger charge is 2.24. The number of hydrogen-bond acceptors (Lipinski definition) is 2. The minimum atomic E-state index is -0.628. The predicted molar refractivity (Wildman–Crippen MR) is 114 cm³/mol. The molecule has 0 aliphatic carbocycles. The first-order chi connectivity index (χ1) is 13.6. The lowest BCUT2D eigenvalue weighted by Crippen LogP contribution is -2.40. The lowest BCUT2D eigenvalue weighted by Gasteiger charge is -2.24. The molecule has 0 aliphatic heterocycles. The number of carbonyl (C=O) groups excluding carboxylic acids is 1. The summed E-state index contributed by atoms with van der Waals surface area (Å²) in [5.74, 6) is 0.342. The number of carbonyl (C=O) groups is 1. The van der Waals surface area contributed by atoms with E-state index in [9.17, 15) is 4.79 Å². The first kappa shape index (κ1) is 20.0. The van der Waals surface area contributed by atoms with Crippen LogP contribution in [0.3, 0.4) is 0 Å². The molecule has 0 aromatic heterocycles. The first-order valence-electron chi connectivity index (χ1n) is 9.41. The average molecular weight is 394 g/mol. The van der Waals surface area contributed by atoms with Gasteiger partial charge in [-0.15, -0.1) is 0 Å². The number of ether oxygens (including phenoxy) is 1. The van der Waals surface area contributed by atoms with Crippen molar-refractivity contribution in [2.45, 2.75) is 32.4 Å². The number of benzene rings is 3. The SMILES string of the molecule is CCC(Oc1ccccc1Cl)C(=O)NC(c1ccccc1)c1ccc(C)cc1. The van der Waals surface area contributed by atoms with Gasteiger partial charge in [-0.05, 0) is 36.6 Å². The van der Waals surface area contributed by atoms with E-state index in [2.05, 4.69) is 17.4 Å². The fourth-order valence-electron chi connectivity index (χ4n) is 3.01. The van der Waals surface area contributed by atoms with E-state index in [4.69, 9.17) is 16.3 Å². The molecule has 0 radical (unpaired) electrons. The molecule has 0 saturated heterocycles. The van der Waals surface area contributed by atoms with Crippen LogP contribution in [0, 0.1) is 6.92 Å². The Hall–Kier alpha value is -2.78. The maximum atomic E-state index is 13.0. The van der Waals surface area contributed by atoms with E-state index in [-0.39, 0.29) is 11.9 Å². The number of hydrogen-bond donors (Lipinski definition) is 1. The van der Waals surface area contributed by atoms with Crippen LogP contribution in [-0.2, 0) is 4.79 Å². The third-order valence-electron chi connectivity index (χ3n) is 4.60. The van der Waals surface area contributed by atoms with Crippen LogP contribution in [0.4, 0.5) is 0 Å². The van der Waals surface area contributed by atoms with Gasteiger partial charge in [0, 0.05) is 0 Å². The van der Waals surface area contributed by atoms with E-state index in [1.54, 1.807) is 12.1 Å². The topological polar surface area (TPSA) is 38.3 Å². The van der Waals surface area contributed by atoms with E-state index < -0.39 is 6.10 Å². The smallest absolute Gasteiger partial charge is 0.261 e. The Balaban J connectivity index is 1.83. The molecule has 0 bridgehead atoms. The van der Waals surface area contributed by atoms with Crippen molar-refractivity contribution in [2.75, 3.05) is 0 Å². The largest absolute Gasteiger partial charge is 0.479 e. The van der Waals surface area contributed by atoms with Crippen molar-refractivity contribution in [1.82, 2.24) is 5.32 Å². The maximum absolute atomic E-state index is 13.0. The highest BCUT2D eigenvalue weighted by Crippen LogP contribution is 2.26. The van der Waals surface area contributed by atoms with Crippen molar-refractivity contribution < 1.29 is 9.53 Å². The zero-order valence-corrected chi connectivity index (χ0v) is 16.8. The molecule has 0 heterocycles. The van der Waals surface area contributed by atoms with E-state index in [1.165, 1.54) is 5.56 Å². The molecule has 28 heavy (non-hydrogen) atoms. The van der Waals surface area contributed by atoms with E-state index in [0.29, 0.717) is 17.2 Å². The number of amides is 1. The van der Waals surface area contributed by atoms with Gasteiger partial charge in [0.25, 0.3) is 5.91 Å². The van der Waals surface area contributed by atoms with E-state index in [1.807, 2.05) is 68.4 Å². The Kier molecular flexibility index (Phi) is 6.72. The molecule has 0 spiro atoms. The predicted octanol–water partition coefficient (Wildman–Crippen LogP) is 5.71. The van der Waals surface area contributed by atoms with Crippen LogP contribution < -0.4 is 10.1 Å². The molecule has 1 N–H and O–H groups in total. The summed E-state index contributed by atoms with van der Waals surface area (Å²) in [5, 5.41) is 3.65. The molecule has 4 heteroatoms. The summed E-state index contributed by atoms with van der Waals surface area (Å²) >= 11 is 6.19. The van der Waals surface area contributed by atoms with Gasteiger partial charge in [-0.1, -0.05) is 90.8 Å². The van der Waals surface area contributed by atoms with Gasteiger partial charge in [0.2, 0.25) is 0 Å². The summed E-state index contributed by atoms with van der Waals surface area (Å²) < 4.78 is 5.90. The highest BCUT2D eigenvalue weighted by atomic mass is 35.5. The zero-order valence-electron chi connectivity index (χ0n) is 16.1. The van der Waals surface area contributed by atoms with Gasteiger partial charge >= 0.3 is 0 Å². The Morgan fingerprint density at radius 1 is 0.929 bits per heavy atom. The van der Waals surface area contributed by atoms with Crippen LogP contribution in [0.5, 0.6) is 5.75 Å². The summed E-state index contributed by atoms with van der Waals surface area (Å²) in [6.07, 6.45) is -0.0940. The molecule has 2 atom stereocenters. The first-order valence-corrected chi connectivity index (χ1v) is 9.79. The second-order valence-corrected chi connectivity index (χ2v) is 7.12. The third kappa shape index (κ3) is 4.93. The van der Waals surface area contributed by atoms with Gasteiger partial charge < -0.3 is 10.1 Å². The Bertz CT molecular complexity index is 909. The Morgan fingerprint density at radius 2 is 1.54 bits per heavy atom. The van der Waals surface area contributed by atoms with Crippen molar-refractivity contribution in [2.24, 2.45) is 0 Å². The van der Waals surface area contributed by atoms with Crippen LogP contribution in [0.1, 0.15) is 36.1 Å². The Morgan fingerprint density at radius 3 is 2.18 bits per heavy atom. The van der Waals surface area contributed by atoms with Gasteiger partial charge in [-0.3, -0.25) is 4.79 Å².